The van der Waals surface area contributed by atoms with Crippen molar-refractivity contribution >= 4 is 61.0 Å². The average molecular weight is 535 g/mol. The van der Waals surface area contributed by atoms with Crippen molar-refractivity contribution in [3.8, 4) is 5.75 Å². The molecule has 0 saturated heterocycles. The van der Waals surface area contributed by atoms with Crippen molar-refractivity contribution in [3.05, 3.63) is 55.4 Å². The van der Waals surface area contributed by atoms with Crippen molar-refractivity contribution in [2.24, 2.45) is 0 Å². The summed E-state index contributed by atoms with van der Waals surface area (Å²) in [7, 11) is 0. The van der Waals surface area contributed by atoms with Gasteiger partial charge in [0.05, 0.1) is 19.7 Å². The van der Waals surface area contributed by atoms with Crippen molar-refractivity contribution in [1.29, 1.82) is 0 Å². The number of carbonyl (C=O) groups excluding carboxylic acids is 1. The summed E-state index contributed by atoms with van der Waals surface area (Å²) in [5, 5.41) is 14.9. The number of anilines is 1. The molecule has 0 bridgehead atoms. The molecule has 28 heavy (non-hydrogen) atoms. The molecule has 0 spiro atoms. The number of carbonyl (C=O) groups is 2. The van der Waals surface area contributed by atoms with Crippen LogP contribution in [0.5, 0.6) is 5.75 Å². The molecule has 0 aromatic heterocycles. The Bertz CT molecular complexity index is 854. The third kappa shape index (κ3) is 6.12. The van der Waals surface area contributed by atoms with Gasteiger partial charge in [-0.25, -0.2) is 0 Å². The van der Waals surface area contributed by atoms with E-state index in [9.17, 15) is 9.59 Å². The van der Waals surface area contributed by atoms with Crippen LogP contribution in [0.25, 0.3) is 0 Å². The largest absolute Gasteiger partial charge is 0.486 e. The van der Waals surface area contributed by atoms with E-state index < -0.39 is 18.4 Å². The maximum atomic E-state index is 12.0. The molecule has 0 saturated carbocycles. The molecule has 6 nitrogen and oxygen atoms in total. The van der Waals surface area contributed by atoms with Gasteiger partial charge in [0.2, 0.25) is 0 Å². The summed E-state index contributed by atoms with van der Waals surface area (Å²) in [6.45, 7) is 2.69. The van der Waals surface area contributed by atoms with Crippen molar-refractivity contribution in [1.82, 2.24) is 5.32 Å². The minimum absolute atomic E-state index is 0.238. The zero-order valence-electron chi connectivity index (χ0n) is 15.0. The van der Waals surface area contributed by atoms with Gasteiger partial charge < -0.3 is 20.5 Å². The fourth-order valence-corrected chi connectivity index (χ4v) is 3.99. The van der Waals surface area contributed by atoms with E-state index in [1.807, 2.05) is 18.2 Å². The molecular weight excluding hydrogens is 515 g/mol. The van der Waals surface area contributed by atoms with E-state index in [0.717, 1.165) is 24.2 Å². The lowest BCUT2D eigenvalue weighted by molar-refractivity contribution is -0.135. The SMILES string of the molecule is CCCNc1cccc(COc2c(Br)cc(C(=O)NCC(=O)O)cc2Br)c1Cl. The average Bonchev–Trinajstić information content (AvgIpc) is 2.65. The molecule has 9 heteroatoms. The summed E-state index contributed by atoms with van der Waals surface area (Å²) in [4.78, 5) is 22.6. The zero-order chi connectivity index (χ0) is 20.7. The molecular formula is C19H19Br2ClN2O4. The van der Waals surface area contributed by atoms with Crippen molar-refractivity contribution in [3.63, 3.8) is 0 Å². The van der Waals surface area contributed by atoms with Crippen LogP contribution in [0.4, 0.5) is 5.69 Å². The molecule has 0 heterocycles. The second-order valence-electron chi connectivity index (χ2n) is 5.84. The first kappa shape index (κ1) is 22.5. The number of benzene rings is 2. The van der Waals surface area contributed by atoms with Gasteiger partial charge in [-0.2, -0.15) is 0 Å². The highest BCUT2D eigenvalue weighted by Crippen LogP contribution is 2.36. The van der Waals surface area contributed by atoms with E-state index in [1.165, 1.54) is 0 Å². The molecule has 1 amide bonds. The topological polar surface area (TPSA) is 87.7 Å². The highest BCUT2D eigenvalue weighted by atomic mass is 79.9. The van der Waals surface area contributed by atoms with Crippen LogP contribution in [-0.4, -0.2) is 30.1 Å². The molecule has 3 N–H and O–H groups in total. The summed E-state index contributed by atoms with van der Waals surface area (Å²) in [6.07, 6.45) is 0.989. The Kier molecular flexibility index (Phi) is 8.59. The van der Waals surface area contributed by atoms with Crippen LogP contribution >= 0.6 is 43.5 Å². The number of hydrogen-bond acceptors (Lipinski definition) is 4. The highest BCUT2D eigenvalue weighted by molar-refractivity contribution is 9.11. The third-order valence-electron chi connectivity index (χ3n) is 3.68. The fraction of sp³-hybridized carbons (Fsp3) is 0.263. The summed E-state index contributed by atoms with van der Waals surface area (Å²) < 4.78 is 7.00. The van der Waals surface area contributed by atoms with Gasteiger partial charge in [0.1, 0.15) is 18.9 Å². The molecule has 0 atom stereocenters. The molecule has 0 aliphatic rings. The number of carboxylic acids is 1. The van der Waals surface area contributed by atoms with E-state index in [1.54, 1.807) is 12.1 Å². The van der Waals surface area contributed by atoms with Crippen LogP contribution in [0.2, 0.25) is 5.02 Å². The monoisotopic (exact) mass is 532 g/mol. The van der Waals surface area contributed by atoms with Gasteiger partial charge in [-0.15, -0.1) is 0 Å². The van der Waals surface area contributed by atoms with Gasteiger partial charge >= 0.3 is 5.97 Å². The summed E-state index contributed by atoms with van der Waals surface area (Å²) in [5.74, 6) is -1.09. The maximum absolute atomic E-state index is 12.0. The van der Waals surface area contributed by atoms with Crippen LogP contribution in [0, 0.1) is 0 Å². The number of amides is 1. The number of carboxylic acid groups (broad SMARTS) is 1. The second-order valence-corrected chi connectivity index (χ2v) is 7.93. The van der Waals surface area contributed by atoms with Gasteiger partial charge in [0.15, 0.2) is 0 Å². The predicted molar refractivity (Wildman–Crippen MR) is 116 cm³/mol. The molecule has 150 valence electrons. The fourth-order valence-electron chi connectivity index (χ4n) is 2.32. The van der Waals surface area contributed by atoms with E-state index in [0.29, 0.717) is 25.3 Å². The van der Waals surface area contributed by atoms with Gasteiger partial charge in [-0.05, 0) is 56.5 Å². The molecule has 2 rings (SSSR count). The molecule has 0 fully saturated rings. The van der Waals surface area contributed by atoms with Crippen LogP contribution in [-0.2, 0) is 11.4 Å². The van der Waals surface area contributed by atoms with E-state index >= 15 is 0 Å². The minimum atomic E-state index is -1.11. The first-order chi connectivity index (χ1) is 13.3. The highest BCUT2D eigenvalue weighted by Gasteiger charge is 2.15. The lowest BCUT2D eigenvalue weighted by Crippen LogP contribution is -2.29. The second kappa shape index (κ2) is 10.7. The van der Waals surface area contributed by atoms with Gasteiger partial charge in [-0.1, -0.05) is 30.7 Å². The van der Waals surface area contributed by atoms with Crippen LogP contribution < -0.4 is 15.4 Å². The van der Waals surface area contributed by atoms with Crippen molar-refractivity contribution in [2.45, 2.75) is 20.0 Å². The zero-order valence-corrected chi connectivity index (χ0v) is 18.9. The van der Waals surface area contributed by atoms with Gasteiger partial charge in [0.25, 0.3) is 5.91 Å². The lowest BCUT2D eigenvalue weighted by atomic mass is 10.2. The third-order valence-corrected chi connectivity index (χ3v) is 5.30. The Hall–Kier alpha value is -1.77. The Morgan fingerprint density at radius 1 is 1.21 bits per heavy atom. The quantitative estimate of drug-likeness (QED) is 0.418. The van der Waals surface area contributed by atoms with Gasteiger partial charge in [0, 0.05) is 17.7 Å². The first-order valence-electron chi connectivity index (χ1n) is 8.46. The number of halogens is 3. The maximum Gasteiger partial charge on any atom is 0.322 e. The number of ether oxygens (including phenoxy) is 1. The number of nitrogens with one attached hydrogen (secondary N) is 2. The summed E-state index contributed by atoms with van der Waals surface area (Å²) in [5.41, 5.74) is 1.98. The Morgan fingerprint density at radius 2 is 1.89 bits per heavy atom. The van der Waals surface area contributed by atoms with Gasteiger partial charge in [-0.3, -0.25) is 9.59 Å². The standard InChI is InChI=1S/C19H19Br2ClN2O4/c1-2-6-23-15-5-3-4-11(17(15)22)10-28-18-13(20)7-12(8-14(18)21)19(27)24-9-16(25)26/h3-5,7-8,23H,2,6,9-10H2,1H3,(H,24,27)(H,25,26). The first-order valence-corrected chi connectivity index (χ1v) is 10.4. The molecule has 0 aliphatic heterocycles. The van der Waals surface area contributed by atoms with E-state index in [2.05, 4.69) is 49.4 Å². The minimum Gasteiger partial charge on any atom is -0.486 e. The van der Waals surface area contributed by atoms with Crippen LogP contribution in [0.1, 0.15) is 29.3 Å². The number of aliphatic carboxylic acids is 1. The number of rotatable bonds is 9. The predicted octanol–water partition coefficient (Wildman–Crippen LogP) is 5.08. The van der Waals surface area contributed by atoms with Crippen molar-refractivity contribution in [2.75, 3.05) is 18.4 Å². The summed E-state index contributed by atoms with van der Waals surface area (Å²) in [6, 6.07) is 8.84. The Morgan fingerprint density at radius 3 is 2.50 bits per heavy atom. The molecule has 2 aromatic carbocycles. The smallest absolute Gasteiger partial charge is 0.322 e. The van der Waals surface area contributed by atoms with Crippen LogP contribution in [0.15, 0.2) is 39.3 Å². The van der Waals surface area contributed by atoms with E-state index in [-0.39, 0.29) is 6.61 Å². The van der Waals surface area contributed by atoms with Crippen LogP contribution in [0.3, 0.4) is 0 Å². The summed E-state index contributed by atoms with van der Waals surface area (Å²) >= 11 is 13.2. The number of hydrogen-bond donors (Lipinski definition) is 3. The van der Waals surface area contributed by atoms with Crippen molar-refractivity contribution < 1.29 is 19.4 Å². The molecule has 0 aliphatic carbocycles. The normalized spacial score (nSPS) is 10.4. The molecule has 0 unspecified atom stereocenters. The Labute approximate surface area is 184 Å². The Balaban J connectivity index is 2.13. The lowest BCUT2D eigenvalue weighted by Gasteiger charge is -2.15. The molecule has 2 aromatic rings. The molecule has 0 radical (unpaired) electrons. The van der Waals surface area contributed by atoms with E-state index in [4.69, 9.17) is 21.4 Å².